The molecule has 0 aromatic heterocycles. The molecule has 1 aliphatic carbocycles. The smallest absolute Gasteiger partial charge is 0.0217 e. The Morgan fingerprint density at radius 1 is 1.25 bits per heavy atom. The van der Waals surface area contributed by atoms with Gasteiger partial charge >= 0.3 is 0 Å². The van der Waals surface area contributed by atoms with E-state index in [0.29, 0.717) is 6.04 Å². The zero-order valence-corrected chi connectivity index (χ0v) is 11.6. The van der Waals surface area contributed by atoms with Gasteiger partial charge in [0.1, 0.15) is 0 Å². The average Bonchev–Trinajstić information content (AvgIpc) is 3.05. The topological polar surface area (TPSA) is 15.3 Å². The highest BCUT2D eigenvalue weighted by Crippen LogP contribution is 2.29. The lowest BCUT2D eigenvalue weighted by Crippen LogP contribution is -2.45. The highest BCUT2D eigenvalue weighted by Gasteiger charge is 2.25. The molecule has 1 N–H and O–H groups in total. The van der Waals surface area contributed by atoms with E-state index in [1.165, 1.54) is 38.9 Å². The first-order valence-corrected chi connectivity index (χ1v) is 7.13. The van der Waals surface area contributed by atoms with Crippen molar-refractivity contribution in [2.75, 3.05) is 26.2 Å². The third-order valence-corrected chi connectivity index (χ3v) is 3.58. The van der Waals surface area contributed by atoms with Crippen LogP contribution in [0, 0.1) is 11.8 Å². The molecule has 0 aromatic rings. The Hall–Kier alpha value is -0.0800. The number of nitrogens with zero attached hydrogens (tertiary/aromatic N) is 1. The number of rotatable bonds is 9. The van der Waals surface area contributed by atoms with Gasteiger partial charge in [0.05, 0.1) is 0 Å². The van der Waals surface area contributed by atoms with Crippen molar-refractivity contribution >= 4 is 0 Å². The number of likely N-dealkylation sites (N-methyl/N-ethyl adjacent to an activating group) is 1. The third-order valence-electron chi connectivity index (χ3n) is 3.58. The number of hydrogen-bond donors (Lipinski definition) is 1. The minimum Gasteiger partial charge on any atom is -0.312 e. The molecule has 1 aliphatic rings. The lowest BCUT2D eigenvalue weighted by Gasteiger charge is -2.29. The summed E-state index contributed by atoms with van der Waals surface area (Å²) in [5, 5.41) is 3.69. The molecule has 0 aliphatic heterocycles. The van der Waals surface area contributed by atoms with Gasteiger partial charge in [-0.3, -0.25) is 0 Å². The summed E-state index contributed by atoms with van der Waals surface area (Å²) in [4.78, 5) is 2.63. The second-order valence-electron chi connectivity index (χ2n) is 5.60. The van der Waals surface area contributed by atoms with Gasteiger partial charge in [0.25, 0.3) is 0 Å². The second-order valence-corrected chi connectivity index (χ2v) is 5.60. The lowest BCUT2D eigenvalue weighted by atomic mass is 10.0. The van der Waals surface area contributed by atoms with Gasteiger partial charge in [0.2, 0.25) is 0 Å². The van der Waals surface area contributed by atoms with Crippen molar-refractivity contribution in [1.82, 2.24) is 10.2 Å². The van der Waals surface area contributed by atoms with Gasteiger partial charge in [-0.2, -0.15) is 0 Å². The van der Waals surface area contributed by atoms with Crippen LogP contribution in [0.25, 0.3) is 0 Å². The Bertz CT molecular complexity index is 176. The summed E-state index contributed by atoms with van der Waals surface area (Å²) in [5.41, 5.74) is 0. The van der Waals surface area contributed by atoms with Gasteiger partial charge in [0.15, 0.2) is 0 Å². The highest BCUT2D eigenvalue weighted by atomic mass is 15.1. The predicted octanol–water partition coefficient (Wildman–Crippen LogP) is 2.74. The van der Waals surface area contributed by atoms with E-state index in [2.05, 4.69) is 37.9 Å². The van der Waals surface area contributed by atoms with Crippen LogP contribution in [0.15, 0.2) is 0 Å². The van der Waals surface area contributed by atoms with Crippen molar-refractivity contribution in [2.24, 2.45) is 11.8 Å². The van der Waals surface area contributed by atoms with Crippen molar-refractivity contribution in [3.8, 4) is 0 Å². The minimum absolute atomic E-state index is 0.665. The van der Waals surface area contributed by atoms with Crippen LogP contribution in [-0.4, -0.2) is 37.1 Å². The molecule has 0 amide bonds. The monoisotopic (exact) mass is 226 g/mol. The highest BCUT2D eigenvalue weighted by molar-refractivity contribution is 4.80. The Labute approximate surface area is 102 Å². The first-order chi connectivity index (χ1) is 7.67. The molecular formula is C14H30N2. The molecule has 1 saturated carbocycles. The van der Waals surface area contributed by atoms with E-state index in [-0.39, 0.29) is 0 Å². The van der Waals surface area contributed by atoms with E-state index < -0.39 is 0 Å². The SMILES string of the molecule is CCCNC(CN(CC)CC1CC1)C(C)C. The number of hydrogen-bond acceptors (Lipinski definition) is 2. The summed E-state index contributed by atoms with van der Waals surface area (Å²) in [6.07, 6.45) is 4.16. The fraction of sp³-hybridized carbons (Fsp3) is 1.00. The largest absolute Gasteiger partial charge is 0.312 e. The molecule has 0 saturated heterocycles. The molecule has 1 fully saturated rings. The molecule has 0 heterocycles. The van der Waals surface area contributed by atoms with Crippen LogP contribution in [0.1, 0.15) is 47.0 Å². The fourth-order valence-corrected chi connectivity index (χ4v) is 2.12. The van der Waals surface area contributed by atoms with Gasteiger partial charge in [0, 0.05) is 19.1 Å². The number of nitrogens with one attached hydrogen (secondary N) is 1. The van der Waals surface area contributed by atoms with Gasteiger partial charge in [-0.05, 0) is 44.2 Å². The molecule has 96 valence electrons. The van der Waals surface area contributed by atoms with E-state index in [4.69, 9.17) is 0 Å². The average molecular weight is 226 g/mol. The normalized spacial score (nSPS) is 18.4. The van der Waals surface area contributed by atoms with Crippen LogP contribution >= 0.6 is 0 Å². The van der Waals surface area contributed by atoms with Crippen molar-refractivity contribution in [3.63, 3.8) is 0 Å². The molecule has 1 atom stereocenters. The van der Waals surface area contributed by atoms with E-state index in [1.54, 1.807) is 0 Å². The van der Waals surface area contributed by atoms with Crippen LogP contribution in [-0.2, 0) is 0 Å². The van der Waals surface area contributed by atoms with E-state index in [0.717, 1.165) is 18.4 Å². The molecule has 2 nitrogen and oxygen atoms in total. The summed E-state index contributed by atoms with van der Waals surface area (Å²) in [6.45, 7) is 14.1. The Kier molecular flexibility index (Phi) is 6.37. The summed E-state index contributed by atoms with van der Waals surface area (Å²) < 4.78 is 0. The Morgan fingerprint density at radius 2 is 1.94 bits per heavy atom. The van der Waals surface area contributed by atoms with Gasteiger partial charge in [-0.1, -0.05) is 27.7 Å². The van der Waals surface area contributed by atoms with Crippen molar-refractivity contribution in [2.45, 2.75) is 53.0 Å². The van der Waals surface area contributed by atoms with E-state index in [1.807, 2.05) is 0 Å². The zero-order valence-electron chi connectivity index (χ0n) is 11.6. The molecule has 1 rings (SSSR count). The summed E-state index contributed by atoms with van der Waals surface area (Å²) in [7, 11) is 0. The van der Waals surface area contributed by atoms with Crippen LogP contribution in [0.4, 0.5) is 0 Å². The molecule has 0 radical (unpaired) electrons. The van der Waals surface area contributed by atoms with Crippen molar-refractivity contribution < 1.29 is 0 Å². The Morgan fingerprint density at radius 3 is 2.38 bits per heavy atom. The van der Waals surface area contributed by atoms with Crippen LogP contribution in [0.5, 0.6) is 0 Å². The molecule has 1 unspecified atom stereocenters. The lowest BCUT2D eigenvalue weighted by molar-refractivity contribution is 0.219. The molecule has 0 spiro atoms. The molecule has 0 bridgehead atoms. The maximum absolute atomic E-state index is 3.69. The second kappa shape index (κ2) is 7.29. The van der Waals surface area contributed by atoms with Crippen LogP contribution in [0.3, 0.4) is 0 Å². The molecular weight excluding hydrogens is 196 g/mol. The summed E-state index contributed by atoms with van der Waals surface area (Å²) >= 11 is 0. The first-order valence-electron chi connectivity index (χ1n) is 7.13. The van der Waals surface area contributed by atoms with Crippen molar-refractivity contribution in [3.05, 3.63) is 0 Å². The first kappa shape index (κ1) is 14.0. The molecule has 0 aromatic carbocycles. The maximum atomic E-state index is 3.69. The zero-order chi connectivity index (χ0) is 12.0. The van der Waals surface area contributed by atoms with Gasteiger partial charge < -0.3 is 10.2 Å². The van der Waals surface area contributed by atoms with Gasteiger partial charge in [-0.25, -0.2) is 0 Å². The third kappa shape index (κ3) is 5.31. The van der Waals surface area contributed by atoms with Gasteiger partial charge in [-0.15, -0.1) is 0 Å². The maximum Gasteiger partial charge on any atom is 0.0217 e. The van der Waals surface area contributed by atoms with E-state index >= 15 is 0 Å². The fourth-order valence-electron chi connectivity index (χ4n) is 2.12. The van der Waals surface area contributed by atoms with Crippen LogP contribution in [0.2, 0.25) is 0 Å². The molecule has 16 heavy (non-hydrogen) atoms. The standard InChI is InChI=1S/C14H30N2/c1-5-9-15-14(12(3)4)11-16(6-2)10-13-7-8-13/h12-15H,5-11H2,1-4H3. The van der Waals surface area contributed by atoms with E-state index in [9.17, 15) is 0 Å². The predicted molar refractivity (Wildman–Crippen MR) is 71.8 cm³/mol. The quantitative estimate of drug-likeness (QED) is 0.650. The molecule has 2 heteroatoms. The summed E-state index contributed by atoms with van der Waals surface area (Å²) in [6, 6.07) is 0.665. The summed E-state index contributed by atoms with van der Waals surface area (Å²) in [5.74, 6) is 1.75. The Balaban J connectivity index is 2.30. The minimum atomic E-state index is 0.665. The van der Waals surface area contributed by atoms with Crippen molar-refractivity contribution in [1.29, 1.82) is 0 Å². The van der Waals surface area contributed by atoms with Crippen LogP contribution < -0.4 is 5.32 Å².